The fraction of sp³-hybridized carbons (Fsp3) is 0.200. The van der Waals surface area contributed by atoms with Gasteiger partial charge in [-0.1, -0.05) is 6.07 Å². The standard InChI is InChI=1S/C10H4F4N2O/c11-9(12)10(13,14)17-8-3-1-2-6(4-15)7(8)5-16/h1-3,9H. The van der Waals surface area contributed by atoms with Crippen molar-refractivity contribution < 1.29 is 22.3 Å². The molecule has 0 radical (unpaired) electrons. The van der Waals surface area contributed by atoms with Crippen LogP contribution in [0.15, 0.2) is 18.2 Å². The molecule has 0 aliphatic rings. The number of hydrogen-bond acceptors (Lipinski definition) is 3. The number of rotatable bonds is 3. The summed E-state index contributed by atoms with van der Waals surface area (Å²) < 4.78 is 52.8. The molecule has 0 bridgehead atoms. The summed E-state index contributed by atoms with van der Waals surface area (Å²) >= 11 is 0. The van der Waals surface area contributed by atoms with E-state index in [0.717, 1.165) is 12.1 Å². The van der Waals surface area contributed by atoms with Gasteiger partial charge in [-0.15, -0.1) is 0 Å². The van der Waals surface area contributed by atoms with Crippen LogP contribution in [0.4, 0.5) is 17.6 Å². The molecule has 1 aromatic rings. The van der Waals surface area contributed by atoms with Crippen LogP contribution >= 0.6 is 0 Å². The van der Waals surface area contributed by atoms with Gasteiger partial charge in [0.1, 0.15) is 23.5 Å². The van der Waals surface area contributed by atoms with Crippen molar-refractivity contribution in [2.75, 3.05) is 0 Å². The van der Waals surface area contributed by atoms with E-state index in [-0.39, 0.29) is 5.56 Å². The summed E-state index contributed by atoms with van der Waals surface area (Å²) in [4.78, 5) is 0. The van der Waals surface area contributed by atoms with Crippen LogP contribution in [0.5, 0.6) is 5.75 Å². The van der Waals surface area contributed by atoms with Gasteiger partial charge in [-0.3, -0.25) is 0 Å². The second-order valence-corrected chi connectivity index (χ2v) is 2.87. The zero-order valence-corrected chi connectivity index (χ0v) is 8.12. The lowest BCUT2D eigenvalue weighted by Gasteiger charge is -2.17. The van der Waals surface area contributed by atoms with Crippen molar-refractivity contribution >= 4 is 0 Å². The lowest BCUT2D eigenvalue weighted by Crippen LogP contribution is -2.33. The summed E-state index contributed by atoms with van der Waals surface area (Å²) in [5.74, 6) is -0.753. The normalized spacial score (nSPS) is 10.8. The highest BCUT2D eigenvalue weighted by atomic mass is 19.3. The first-order valence-corrected chi connectivity index (χ1v) is 4.20. The molecule has 0 unspecified atom stereocenters. The quantitative estimate of drug-likeness (QED) is 0.768. The molecule has 88 valence electrons. The first-order valence-electron chi connectivity index (χ1n) is 4.20. The third kappa shape index (κ3) is 2.64. The summed E-state index contributed by atoms with van der Waals surface area (Å²) in [6.07, 6.45) is -8.74. The molecule has 0 fully saturated rings. The monoisotopic (exact) mass is 244 g/mol. The fourth-order valence-corrected chi connectivity index (χ4v) is 1.02. The van der Waals surface area contributed by atoms with Crippen LogP contribution in [0, 0.1) is 22.7 Å². The highest BCUT2D eigenvalue weighted by molar-refractivity contribution is 5.53. The van der Waals surface area contributed by atoms with Gasteiger partial charge in [0.05, 0.1) is 5.56 Å². The van der Waals surface area contributed by atoms with Crippen LogP contribution in [-0.2, 0) is 0 Å². The third-order valence-electron chi connectivity index (χ3n) is 1.76. The number of nitriles is 2. The molecule has 0 saturated heterocycles. The molecular formula is C10H4F4N2O. The minimum absolute atomic E-state index is 0.227. The van der Waals surface area contributed by atoms with Crippen LogP contribution in [0.3, 0.4) is 0 Å². The topological polar surface area (TPSA) is 56.8 Å². The van der Waals surface area contributed by atoms with Crippen molar-refractivity contribution in [1.82, 2.24) is 0 Å². The molecule has 0 aliphatic heterocycles. The number of hydrogen-bond donors (Lipinski definition) is 0. The summed E-state index contributed by atoms with van der Waals surface area (Å²) in [5, 5.41) is 17.2. The molecule has 17 heavy (non-hydrogen) atoms. The van der Waals surface area contributed by atoms with Crippen LogP contribution in [0.2, 0.25) is 0 Å². The Kier molecular flexibility index (Phi) is 3.54. The molecule has 0 aromatic heterocycles. The third-order valence-corrected chi connectivity index (χ3v) is 1.76. The van der Waals surface area contributed by atoms with E-state index in [2.05, 4.69) is 4.74 Å². The summed E-state index contributed by atoms with van der Waals surface area (Å²) in [6, 6.07) is 6.27. The first-order chi connectivity index (χ1) is 7.92. The van der Waals surface area contributed by atoms with Gasteiger partial charge in [0.2, 0.25) is 0 Å². The molecule has 0 heterocycles. The summed E-state index contributed by atoms with van der Waals surface area (Å²) in [6.45, 7) is 0. The van der Waals surface area contributed by atoms with Gasteiger partial charge in [-0.05, 0) is 12.1 Å². The number of alkyl halides is 4. The highest BCUT2D eigenvalue weighted by Gasteiger charge is 2.44. The van der Waals surface area contributed by atoms with E-state index < -0.39 is 23.8 Å². The van der Waals surface area contributed by atoms with Crippen molar-refractivity contribution in [1.29, 1.82) is 10.5 Å². The Morgan fingerprint density at radius 3 is 2.29 bits per heavy atom. The van der Waals surface area contributed by atoms with E-state index in [4.69, 9.17) is 10.5 Å². The Morgan fingerprint density at radius 2 is 1.82 bits per heavy atom. The number of ether oxygens (including phenoxy) is 1. The maximum atomic E-state index is 12.6. The van der Waals surface area contributed by atoms with Crippen LogP contribution < -0.4 is 4.74 Å². The zero-order chi connectivity index (χ0) is 13.1. The van der Waals surface area contributed by atoms with Gasteiger partial charge in [-0.2, -0.15) is 28.1 Å². The van der Waals surface area contributed by atoms with Gasteiger partial charge < -0.3 is 4.74 Å². The molecule has 0 amide bonds. The lowest BCUT2D eigenvalue weighted by molar-refractivity contribution is -0.253. The molecule has 0 atom stereocenters. The Labute approximate surface area is 93.5 Å². The average Bonchev–Trinajstić information content (AvgIpc) is 2.27. The van der Waals surface area contributed by atoms with E-state index >= 15 is 0 Å². The fourth-order valence-electron chi connectivity index (χ4n) is 1.02. The molecule has 0 aliphatic carbocycles. The highest BCUT2D eigenvalue weighted by Crippen LogP contribution is 2.30. The van der Waals surface area contributed by atoms with Gasteiger partial charge in [0.25, 0.3) is 0 Å². The molecular weight excluding hydrogens is 240 g/mol. The number of halogens is 4. The summed E-state index contributed by atoms with van der Waals surface area (Å²) in [5.41, 5.74) is -0.731. The molecule has 3 nitrogen and oxygen atoms in total. The van der Waals surface area contributed by atoms with E-state index in [1.54, 1.807) is 6.07 Å². The molecule has 1 aromatic carbocycles. The van der Waals surface area contributed by atoms with E-state index in [1.165, 1.54) is 12.1 Å². The Bertz CT molecular complexity index is 502. The second-order valence-electron chi connectivity index (χ2n) is 2.87. The van der Waals surface area contributed by atoms with Crippen molar-refractivity contribution in [3.8, 4) is 17.9 Å². The lowest BCUT2D eigenvalue weighted by atomic mass is 10.1. The number of nitrogens with zero attached hydrogens (tertiary/aromatic N) is 2. The molecule has 0 N–H and O–H groups in total. The molecule has 0 saturated carbocycles. The minimum Gasteiger partial charge on any atom is -0.427 e. The first kappa shape index (κ1) is 12.8. The van der Waals surface area contributed by atoms with E-state index in [9.17, 15) is 17.6 Å². The second kappa shape index (κ2) is 4.71. The molecule has 7 heteroatoms. The predicted molar refractivity (Wildman–Crippen MR) is 47.5 cm³/mol. The van der Waals surface area contributed by atoms with Gasteiger partial charge >= 0.3 is 12.5 Å². The van der Waals surface area contributed by atoms with Crippen LogP contribution in [0.1, 0.15) is 11.1 Å². The maximum Gasteiger partial charge on any atom is 0.461 e. The Balaban J connectivity index is 3.18. The van der Waals surface area contributed by atoms with Crippen molar-refractivity contribution in [2.45, 2.75) is 12.5 Å². The van der Waals surface area contributed by atoms with Gasteiger partial charge in [0, 0.05) is 0 Å². The Morgan fingerprint density at radius 1 is 1.18 bits per heavy atom. The SMILES string of the molecule is N#Cc1cccc(OC(F)(F)C(F)F)c1C#N. The Hall–Kier alpha value is -2.28. The van der Waals surface area contributed by atoms with Crippen molar-refractivity contribution in [3.63, 3.8) is 0 Å². The van der Waals surface area contributed by atoms with Crippen LogP contribution in [-0.4, -0.2) is 12.5 Å². The van der Waals surface area contributed by atoms with Crippen molar-refractivity contribution in [2.24, 2.45) is 0 Å². The maximum absolute atomic E-state index is 12.6. The summed E-state index contributed by atoms with van der Waals surface area (Å²) in [7, 11) is 0. The minimum atomic E-state index is -4.71. The van der Waals surface area contributed by atoms with Gasteiger partial charge in [-0.25, -0.2) is 0 Å². The molecule has 0 spiro atoms. The van der Waals surface area contributed by atoms with E-state index in [1.807, 2.05) is 0 Å². The van der Waals surface area contributed by atoms with Gasteiger partial charge in [0.15, 0.2) is 0 Å². The van der Waals surface area contributed by atoms with Crippen LogP contribution in [0.25, 0.3) is 0 Å². The predicted octanol–water partition coefficient (Wildman–Crippen LogP) is 2.67. The number of benzene rings is 1. The van der Waals surface area contributed by atoms with Crippen molar-refractivity contribution in [3.05, 3.63) is 29.3 Å². The smallest absolute Gasteiger partial charge is 0.427 e. The molecule has 1 rings (SSSR count). The average molecular weight is 244 g/mol. The zero-order valence-electron chi connectivity index (χ0n) is 8.12. The largest absolute Gasteiger partial charge is 0.461 e. The van der Waals surface area contributed by atoms with E-state index in [0.29, 0.717) is 0 Å².